The van der Waals surface area contributed by atoms with E-state index in [1.807, 2.05) is 30.3 Å². The molecule has 2 nitrogen and oxygen atoms in total. The van der Waals surface area contributed by atoms with E-state index in [9.17, 15) is 9.90 Å². The van der Waals surface area contributed by atoms with Crippen molar-refractivity contribution in [2.75, 3.05) is 0 Å². The van der Waals surface area contributed by atoms with Crippen LogP contribution in [0.15, 0.2) is 42.5 Å². The van der Waals surface area contributed by atoms with Crippen LogP contribution < -0.4 is 0 Å². The summed E-state index contributed by atoms with van der Waals surface area (Å²) >= 11 is 0. The summed E-state index contributed by atoms with van der Waals surface area (Å²) in [7, 11) is 0. The summed E-state index contributed by atoms with van der Waals surface area (Å²) in [6.45, 7) is 1.76. The molecule has 0 aliphatic heterocycles. The molecule has 0 unspecified atom stereocenters. The van der Waals surface area contributed by atoms with E-state index in [2.05, 4.69) is 0 Å². The molecule has 1 aromatic carbocycles. The van der Waals surface area contributed by atoms with Crippen LogP contribution in [0, 0.1) is 0 Å². The highest BCUT2D eigenvalue weighted by atomic mass is 16.3. The predicted octanol–water partition coefficient (Wildman–Crippen LogP) is 1.74. The molecule has 0 radical (unpaired) electrons. The minimum atomic E-state index is -0.923. The lowest BCUT2D eigenvalue weighted by Crippen LogP contribution is -2.20. The average molecular weight is 190 g/mol. The van der Waals surface area contributed by atoms with Crippen LogP contribution in [0.5, 0.6) is 0 Å². The van der Waals surface area contributed by atoms with E-state index in [1.54, 1.807) is 13.0 Å². The van der Waals surface area contributed by atoms with Gasteiger partial charge in [0.05, 0.1) is 0 Å². The number of hydrogen-bond donors (Lipinski definition) is 1. The van der Waals surface area contributed by atoms with Crippen LogP contribution >= 0.6 is 0 Å². The fraction of sp³-hybridized carbons (Fsp3) is 0.250. The van der Waals surface area contributed by atoms with E-state index in [0.717, 1.165) is 5.56 Å². The van der Waals surface area contributed by atoms with Crippen molar-refractivity contribution in [2.45, 2.75) is 19.4 Å². The molecule has 74 valence electrons. The fourth-order valence-corrected chi connectivity index (χ4v) is 1.21. The number of allylic oxidation sites excluding steroid dienone is 1. The van der Waals surface area contributed by atoms with E-state index < -0.39 is 6.10 Å². The largest absolute Gasteiger partial charge is 0.385 e. The molecule has 0 aliphatic rings. The maximum absolute atomic E-state index is 11.2. The third-order valence-corrected chi connectivity index (χ3v) is 1.93. The smallest absolute Gasteiger partial charge is 0.184 e. The first kappa shape index (κ1) is 10.7. The van der Waals surface area contributed by atoms with Gasteiger partial charge in [-0.05, 0) is 18.6 Å². The van der Waals surface area contributed by atoms with E-state index in [4.69, 9.17) is 0 Å². The van der Waals surface area contributed by atoms with Crippen LogP contribution in [0.3, 0.4) is 0 Å². The van der Waals surface area contributed by atoms with Crippen molar-refractivity contribution in [3.05, 3.63) is 48.0 Å². The third-order valence-electron chi connectivity index (χ3n) is 1.93. The zero-order valence-electron chi connectivity index (χ0n) is 8.18. The fourth-order valence-electron chi connectivity index (χ4n) is 1.21. The molecule has 1 rings (SSSR count). The summed E-state index contributed by atoms with van der Waals surface area (Å²) in [5.74, 6) is -0.239. The van der Waals surface area contributed by atoms with E-state index in [1.165, 1.54) is 6.08 Å². The topological polar surface area (TPSA) is 37.3 Å². The number of hydrogen-bond acceptors (Lipinski definition) is 2. The lowest BCUT2D eigenvalue weighted by molar-refractivity contribution is -0.122. The normalized spacial score (nSPS) is 13.0. The Kier molecular flexibility index (Phi) is 4.08. The molecule has 0 fully saturated rings. The predicted molar refractivity (Wildman–Crippen MR) is 56.0 cm³/mol. The van der Waals surface area contributed by atoms with Gasteiger partial charge in [-0.3, -0.25) is 4.79 Å². The van der Waals surface area contributed by atoms with E-state index >= 15 is 0 Å². The zero-order chi connectivity index (χ0) is 10.4. The monoisotopic (exact) mass is 190 g/mol. The van der Waals surface area contributed by atoms with Crippen LogP contribution in [0.2, 0.25) is 0 Å². The molecule has 2 heteroatoms. The molecule has 0 aromatic heterocycles. The van der Waals surface area contributed by atoms with Crippen molar-refractivity contribution >= 4 is 5.78 Å². The summed E-state index contributed by atoms with van der Waals surface area (Å²) in [6.07, 6.45) is 2.49. The molecular formula is C12H14O2. The van der Waals surface area contributed by atoms with Crippen molar-refractivity contribution in [2.24, 2.45) is 0 Å². The second kappa shape index (κ2) is 5.35. The molecule has 1 atom stereocenters. The lowest BCUT2D eigenvalue weighted by atomic mass is 10.0. The van der Waals surface area contributed by atoms with Gasteiger partial charge in [0.2, 0.25) is 0 Å². The minimum absolute atomic E-state index is 0.239. The molecule has 0 saturated carbocycles. The molecule has 1 N–H and O–H groups in total. The standard InChI is InChI=1S/C12H14O2/c1-2-6-11(13)12(14)9-10-7-4-3-5-8-10/h2-8,12,14H,9H2,1H3/b6-2+/t12-/m0/s1. The molecule has 0 aliphatic carbocycles. The van der Waals surface area contributed by atoms with E-state index in [0.29, 0.717) is 6.42 Å². The Bertz CT molecular complexity index is 314. The number of carbonyl (C=O) groups is 1. The second-order valence-electron chi connectivity index (χ2n) is 3.11. The Morgan fingerprint density at radius 3 is 2.64 bits per heavy atom. The van der Waals surface area contributed by atoms with Gasteiger partial charge in [-0.2, -0.15) is 0 Å². The second-order valence-corrected chi connectivity index (χ2v) is 3.11. The molecule has 14 heavy (non-hydrogen) atoms. The SMILES string of the molecule is C/C=C/C(=O)[C@@H](O)Cc1ccccc1. The first-order chi connectivity index (χ1) is 6.74. The van der Waals surface area contributed by atoms with Crippen molar-refractivity contribution < 1.29 is 9.90 Å². The van der Waals surface area contributed by atoms with Crippen molar-refractivity contribution in [1.29, 1.82) is 0 Å². The van der Waals surface area contributed by atoms with Gasteiger partial charge >= 0.3 is 0 Å². The first-order valence-corrected chi connectivity index (χ1v) is 4.62. The zero-order valence-corrected chi connectivity index (χ0v) is 8.18. The van der Waals surface area contributed by atoms with Crippen molar-refractivity contribution in [3.8, 4) is 0 Å². The number of carbonyl (C=O) groups excluding carboxylic acids is 1. The Morgan fingerprint density at radius 2 is 2.07 bits per heavy atom. The summed E-state index contributed by atoms with van der Waals surface area (Å²) in [5, 5.41) is 9.50. The van der Waals surface area contributed by atoms with Crippen LogP contribution in [0.25, 0.3) is 0 Å². The molecule has 0 bridgehead atoms. The average Bonchev–Trinajstić information content (AvgIpc) is 2.19. The van der Waals surface area contributed by atoms with Gasteiger partial charge in [0, 0.05) is 6.42 Å². The van der Waals surface area contributed by atoms with E-state index in [-0.39, 0.29) is 5.78 Å². The van der Waals surface area contributed by atoms with Gasteiger partial charge in [0.15, 0.2) is 5.78 Å². The van der Waals surface area contributed by atoms with Gasteiger partial charge in [0.1, 0.15) is 6.10 Å². The number of rotatable bonds is 4. The maximum atomic E-state index is 11.2. The minimum Gasteiger partial charge on any atom is -0.385 e. The van der Waals surface area contributed by atoms with Gasteiger partial charge in [-0.1, -0.05) is 36.4 Å². The van der Waals surface area contributed by atoms with Gasteiger partial charge in [-0.15, -0.1) is 0 Å². The lowest BCUT2D eigenvalue weighted by Gasteiger charge is -2.06. The first-order valence-electron chi connectivity index (χ1n) is 4.62. The van der Waals surface area contributed by atoms with Gasteiger partial charge < -0.3 is 5.11 Å². The number of ketones is 1. The Morgan fingerprint density at radius 1 is 1.43 bits per heavy atom. The quantitative estimate of drug-likeness (QED) is 0.734. The number of benzene rings is 1. The Hall–Kier alpha value is -1.41. The maximum Gasteiger partial charge on any atom is 0.184 e. The number of aliphatic hydroxyl groups excluding tert-OH is 1. The van der Waals surface area contributed by atoms with Gasteiger partial charge in [0.25, 0.3) is 0 Å². The van der Waals surface area contributed by atoms with Crippen LogP contribution in [0.4, 0.5) is 0 Å². The highest BCUT2D eigenvalue weighted by molar-refractivity contribution is 5.93. The third kappa shape index (κ3) is 3.15. The van der Waals surface area contributed by atoms with Gasteiger partial charge in [-0.25, -0.2) is 0 Å². The molecule has 0 saturated heterocycles. The Labute approximate surface area is 83.9 Å². The van der Waals surface area contributed by atoms with Crippen molar-refractivity contribution in [1.82, 2.24) is 0 Å². The van der Waals surface area contributed by atoms with Crippen LogP contribution in [0.1, 0.15) is 12.5 Å². The molecule has 0 heterocycles. The molecular weight excluding hydrogens is 176 g/mol. The highest BCUT2D eigenvalue weighted by Crippen LogP contribution is 2.04. The summed E-state index contributed by atoms with van der Waals surface area (Å²) < 4.78 is 0. The highest BCUT2D eigenvalue weighted by Gasteiger charge is 2.11. The number of aliphatic hydroxyl groups is 1. The molecule has 0 spiro atoms. The molecule has 0 amide bonds. The summed E-state index contributed by atoms with van der Waals surface area (Å²) in [4.78, 5) is 11.2. The Balaban J connectivity index is 2.57. The van der Waals surface area contributed by atoms with Crippen LogP contribution in [-0.2, 0) is 11.2 Å². The summed E-state index contributed by atoms with van der Waals surface area (Å²) in [6, 6.07) is 9.48. The van der Waals surface area contributed by atoms with Crippen molar-refractivity contribution in [3.63, 3.8) is 0 Å². The molecule has 1 aromatic rings. The summed E-state index contributed by atoms with van der Waals surface area (Å²) in [5.41, 5.74) is 0.970. The van der Waals surface area contributed by atoms with Crippen LogP contribution in [-0.4, -0.2) is 17.0 Å².